The summed E-state index contributed by atoms with van der Waals surface area (Å²) < 4.78 is 0. The topological polar surface area (TPSA) is 101 Å². The van der Waals surface area contributed by atoms with E-state index in [1.165, 1.54) is 11.3 Å². The average molecular weight is 529 g/mol. The molecule has 3 N–H and O–H groups in total. The number of benzene rings is 2. The summed E-state index contributed by atoms with van der Waals surface area (Å²) in [5.74, 6) is -0.263. The van der Waals surface area contributed by atoms with E-state index in [0.717, 1.165) is 44.8 Å². The molecule has 2 aliphatic rings. The van der Waals surface area contributed by atoms with Crippen molar-refractivity contribution >= 4 is 34.8 Å². The zero-order chi connectivity index (χ0) is 27.2. The summed E-state index contributed by atoms with van der Waals surface area (Å²) in [5.41, 5.74) is 4.94. The van der Waals surface area contributed by atoms with E-state index >= 15 is 0 Å². The summed E-state index contributed by atoms with van der Waals surface area (Å²) in [7, 11) is 0. The van der Waals surface area contributed by atoms with Crippen LogP contribution in [0.2, 0.25) is 0 Å². The second-order valence-electron chi connectivity index (χ2n) is 10.1. The lowest BCUT2D eigenvalue weighted by atomic mass is 10.1. The Balaban J connectivity index is 1.27. The van der Waals surface area contributed by atoms with Crippen molar-refractivity contribution in [3.63, 3.8) is 0 Å². The molecule has 2 aromatic carbocycles. The molecule has 0 unspecified atom stereocenters. The highest BCUT2D eigenvalue weighted by molar-refractivity contribution is 6.06. The zero-order valence-corrected chi connectivity index (χ0v) is 22.4. The van der Waals surface area contributed by atoms with Gasteiger partial charge in [0.15, 0.2) is 0 Å². The molecule has 39 heavy (non-hydrogen) atoms. The number of H-pyrrole nitrogens is 1. The molecular formula is C30H36N6O3. The van der Waals surface area contributed by atoms with E-state index in [-0.39, 0.29) is 17.7 Å². The number of nitrogens with one attached hydrogen (secondary N) is 3. The summed E-state index contributed by atoms with van der Waals surface area (Å²) in [5, 5.41) is 5.98. The number of carbonyl (C=O) groups is 3. The Bertz CT molecular complexity index is 1310. The number of hydrogen-bond acceptors (Lipinski definition) is 5. The molecule has 0 bridgehead atoms. The van der Waals surface area contributed by atoms with Gasteiger partial charge in [-0.2, -0.15) is 0 Å². The molecule has 3 heterocycles. The second kappa shape index (κ2) is 12.1. The van der Waals surface area contributed by atoms with E-state index in [1.807, 2.05) is 17.0 Å². The fourth-order valence-electron chi connectivity index (χ4n) is 5.34. The first-order chi connectivity index (χ1) is 19.0. The van der Waals surface area contributed by atoms with Gasteiger partial charge in [0, 0.05) is 69.7 Å². The van der Waals surface area contributed by atoms with Crippen LogP contribution in [-0.4, -0.2) is 73.4 Å². The summed E-state index contributed by atoms with van der Waals surface area (Å²) >= 11 is 0. The van der Waals surface area contributed by atoms with Crippen LogP contribution >= 0.6 is 0 Å². The Morgan fingerprint density at radius 1 is 0.897 bits per heavy atom. The number of amides is 3. The van der Waals surface area contributed by atoms with E-state index in [1.54, 1.807) is 24.4 Å². The van der Waals surface area contributed by atoms with Crippen molar-refractivity contribution in [1.29, 1.82) is 0 Å². The van der Waals surface area contributed by atoms with Crippen LogP contribution in [-0.2, 0) is 4.79 Å². The number of likely N-dealkylation sites (tertiary alicyclic amines) is 1. The molecule has 2 fully saturated rings. The summed E-state index contributed by atoms with van der Waals surface area (Å²) in [6.45, 7) is 7.37. The Hall–Kier alpha value is -4.27. The van der Waals surface area contributed by atoms with E-state index < -0.39 is 0 Å². The number of aromatic nitrogens is 1. The number of para-hydroxylation sites is 1. The lowest BCUT2D eigenvalue weighted by Gasteiger charge is -2.38. The van der Waals surface area contributed by atoms with Gasteiger partial charge in [-0.1, -0.05) is 18.2 Å². The normalized spacial score (nSPS) is 15.5. The third-order valence-electron chi connectivity index (χ3n) is 7.49. The number of hydrogen-bond donors (Lipinski definition) is 3. The molecular weight excluding hydrogens is 492 g/mol. The number of anilines is 3. The van der Waals surface area contributed by atoms with Crippen molar-refractivity contribution in [2.75, 3.05) is 60.9 Å². The van der Waals surface area contributed by atoms with Crippen molar-refractivity contribution in [3.05, 3.63) is 77.6 Å². The van der Waals surface area contributed by atoms with Crippen LogP contribution in [0.5, 0.6) is 0 Å². The molecule has 2 saturated heterocycles. The van der Waals surface area contributed by atoms with Crippen LogP contribution in [0.3, 0.4) is 0 Å². The molecule has 5 rings (SSSR count). The third-order valence-corrected chi connectivity index (χ3v) is 7.49. The number of piperazine rings is 1. The minimum Gasteiger partial charge on any atom is -0.368 e. The van der Waals surface area contributed by atoms with Gasteiger partial charge in [0.2, 0.25) is 5.91 Å². The number of carbonyl (C=O) groups excluding carboxylic acids is 3. The predicted molar refractivity (Wildman–Crippen MR) is 154 cm³/mol. The van der Waals surface area contributed by atoms with Gasteiger partial charge in [0.1, 0.15) is 5.69 Å². The molecule has 0 aliphatic carbocycles. The summed E-state index contributed by atoms with van der Waals surface area (Å²) in [6.07, 6.45) is 3.95. The number of nitrogens with zero attached hydrogens (tertiary/aromatic N) is 3. The minimum atomic E-state index is -0.257. The van der Waals surface area contributed by atoms with Gasteiger partial charge >= 0.3 is 0 Å². The Morgan fingerprint density at radius 3 is 2.36 bits per heavy atom. The first kappa shape index (κ1) is 26.3. The first-order valence-corrected chi connectivity index (χ1v) is 13.7. The third kappa shape index (κ3) is 6.25. The van der Waals surface area contributed by atoms with Gasteiger partial charge < -0.3 is 30.3 Å². The molecule has 2 aliphatic heterocycles. The monoisotopic (exact) mass is 528 g/mol. The van der Waals surface area contributed by atoms with Crippen molar-refractivity contribution in [2.24, 2.45) is 0 Å². The van der Waals surface area contributed by atoms with Gasteiger partial charge in [-0.05, 0) is 61.7 Å². The molecule has 9 nitrogen and oxygen atoms in total. The maximum atomic E-state index is 13.0. The smallest absolute Gasteiger partial charge is 0.272 e. The van der Waals surface area contributed by atoms with Crippen LogP contribution in [0.1, 0.15) is 45.7 Å². The highest BCUT2D eigenvalue weighted by Crippen LogP contribution is 2.30. The molecule has 204 valence electrons. The van der Waals surface area contributed by atoms with Crippen LogP contribution in [0, 0.1) is 6.92 Å². The lowest BCUT2D eigenvalue weighted by molar-refractivity contribution is -0.127. The van der Waals surface area contributed by atoms with Gasteiger partial charge in [0.25, 0.3) is 11.8 Å². The van der Waals surface area contributed by atoms with Crippen LogP contribution < -0.4 is 20.4 Å². The molecule has 9 heteroatoms. The SMILES string of the molecule is Cc1ccccc1N1CCN(c2ccc(C(=O)NCCCN3CCCC3=O)cc2NC(=O)c2ccc[nH]2)CC1. The van der Waals surface area contributed by atoms with E-state index in [4.69, 9.17) is 0 Å². The van der Waals surface area contributed by atoms with E-state index in [9.17, 15) is 14.4 Å². The molecule has 0 radical (unpaired) electrons. The molecule has 1 aromatic heterocycles. The number of rotatable bonds is 9. The van der Waals surface area contributed by atoms with Crippen molar-refractivity contribution < 1.29 is 14.4 Å². The maximum absolute atomic E-state index is 13.0. The van der Waals surface area contributed by atoms with Crippen molar-refractivity contribution in [1.82, 2.24) is 15.2 Å². The average Bonchev–Trinajstić information content (AvgIpc) is 3.64. The van der Waals surface area contributed by atoms with Crippen LogP contribution in [0.25, 0.3) is 0 Å². The molecule has 3 amide bonds. The first-order valence-electron chi connectivity index (χ1n) is 13.7. The minimum absolute atomic E-state index is 0.194. The highest BCUT2D eigenvalue weighted by atomic mass is 16.2. The summed E-state index contributed by atoms with van der Waals surface area (Å²) in [6, 6.07) is 17.4. The molecule has 3 aromatic rings. The lowest BCUT2D eigenvalue weighted by Crippen LogP contribution is -2.47. The standard InChI is InChI=1S/C30H36N6O3/c1-22-7-2-3-9-26(22)34-17-19-35(20-18-34)27-12-11-23(21-25(27)33-30(39)24-8-4-13-31-24)29(38)32-14-6-16-36-15-5-10-28(36)37/h2-4,7-9,11-13,21,31H,5-6,10,14-20H2,1H3,(H,32,38)(H,33,39). The fourth-order valence-corrected chi connectivity index (χ4v) is 5.34. The molecule has 0 atom stereocenters. The predicted octanol–water partition coefficient (Wildman–Crippen LogP) is 3.64. The maximum Gasteiger partial charge on any atom is 0.272 e. The largest absolute Gasteiger partial charge is 0.368 e. The van der Waals surface area contributed by atoms with Gasteiger partial charge in [0.05, 0.1) is 11.4 Å². The van der Waals surface area contributed by atoms with Gasteiger partial charge in [-0.3, -0.25) is 14.4 Å². The highest BCUT2D eigenvalue weighted by Gasteiger charge is 2.23. The second-order valence-corrected chi connectivity index (χ2v) is 10.1. The van der Waals surface area contributed by atoms with Crippen LogP contribution in [0.4, 0.5) is 17.1 Å². The van der Waals surface area contributed by atoms with Crippen molar-refractivity contribution in [3.8, 4) is 0 Å². The number of aryl methyl sites for hydroxylation is 1. The van der Waals surface area contributed by atoms with Gasteiger partial charge in [-0.15, -0.1) is 0 Å². The van der Waals surface area contributed by atoms with E-state index in [2.05, 4.69) is 56.6 Å². The Labute approximate surface area is 229 Å². The quantitative estimate of drug-likeness (QED) is 0.368. The number of aromatic amines is 1. The van der Waals surface area contributed by atoms with E-state index in [0.29, 0.717) is 42.9 Å². The Kier molecular flexibility index (Phi) is 8.15. The Morgan fingerprint density at radius 2 is 1.67 bits per heavy atom. The summed E-state index contributed by atoms with van der Waals surface area (Å²) in [4.78, 5) is 47.1. The molecule has 0 spiro atoms. The molecule has 0 saturated carbocycles. The fraction of sp³-hybridized carbons (Fsp3) is 0.367. The van der Waals surface area contributed by atoms with Crippen LogP contribution in [0.15, 0.2) is 60.8 Å². The zero-order valence-electron chi connectivity index (χ0n) is 22.4. The van der Waals surface area contributed by atoms with Gasteiger partial charge in [-0.25, -0.2) is 0 Å². The van der Waals surface area contributed by atoms with Crippen molar-refractivity contribution in [2.45, 2.75) is 26.2 Å².